The van der Waals surface area contributed by atoms with Crippen molar-refractivity contribution in [3.8, 4) is 0 Å². The highest BCUT2D eigenvalue weighted by molar-refractivity contribution is 6.26. The van der Waals surface area contributed by atoms with Gasteiger partial charge in [0.1, 0.15) is 5.41 Å². The molecule has 0 saturated carbocycles. The number of carbonyl (C=O) groups excluding carboxylic acids is 2. The van der Waals surface area contributed by atoms with Crippen molar-refractivity contribution in [2.45, 2.75) is 18.4 Å². The van der Waals surface area contributed by atoms with Crippen molar-refractivity contribution < 1.29 is 9.59 Å². The summed E-state index contributed by atoms with van der Waals surface area (Å²) >= 11 is 0. The van der Waals surface area contributed by atoms with Crippen LogP contribution in [0.4, 0.5) is 5.69 Å². The number of anilines is 1. The highest BCUT2D eigenvalue weighted by Gasteiger charge is 2.67. The minimum absolute atomic E-state index is 0.132. The van der Waals surface area contributed by atoms with Crippen LogP contribution < -0.4 is 10.2 Å². The quantitative estimate of drug-likeness (QED) is 0.702. The van der Waals surface area contributed by atoms with E-state index in [2.05, 4.69) is 29.6 Å². The van der Waals surface area contributed by atoms with Crippen molar-refractivity contribution in [1.29, 1.82) is 0 Å². The van der Waals surface area contributed by atoms with Crippen LogP contribution in [0, 0.1) is 12.8 Å². The summed E-state index contributed by atoms with van der Waals surface area (Å²) in [5, 5.41) is 3.50. The van der Waals surface area contributed by atoms with Crippen LogP contribution >= 0.6 is 0 Å². The molecular formula is C25H22N2O2. The molecule has 2 amide bonds. The Hall–Kier alpha value is -3.24. The molecule has 0 radical (unpaired) electrons. The van der Waals surface area contributed by atoms with E-state index in [1.807, 2.05) is 67.6 Å². The Morgan fingerprint density at radius 2 is 1.48 bits per heavy atom. The second-order valence-corrected chi connectivity index (χ2v) is 7.85. The van der Waals surface area contributed by atoms with Gasteiger partial charge in [-0.15, -0.1) is 0 Å². The first kappa shape index (κ1) is 17.8. The van der Waals surface area contributed by atoms with Gasteiger partial charge in [0, 0.05) is 6.54 Å². The van der Waals surface area contributed by atoms with E-state index in [-0.39, 0.29) is 17.9 Å². The van der Waals surface area contributed by atoms with E-state index >= 15 is 0 Å². The number of para-hydroxylation sites is 1. The number of hydrogen-bond donors (Lipinski definition) is 1. The first-order valence-electron chi connectivity index (χ1n) is 9.93. The van der Waals surface area contributed by atoms with Crippen molar-refractivity contribution in [1.82, 2.24) is 5.32 Å². The molecule has 3 aromatic carbocycles. The molecule has 2 fully saturated rings. The van der Waals surface area contributed by atoms with Crippen LogP contribution in [0.1, 0.15) is 22.7 Å². The fourth-order valence-corrected chi connectivity index (χ4v) is 4.92. The molecular weight excluding hydrogens is 360 g/mol. The lowest BCUT2D eigenvalue weighted by Crippen LogP contribution is -2.45. The maximum absolute atomic E-state index is 14.0. The molecule has 0 bridgehead atoms. The molecule has 0 unspecified atom stereocenters. The van der Waals surface area contributed by atoms with Crippen molar-refractivity contribution in [3.63, 3.8) is 0 Å². The molecule has 3 atom stereocenters. The molecule has 0 aliphatic carbocycles. The van der Waals surface area contributed by atoms with Crippen LogP contribution in [0.25, 0.3) is 0 Å². The second kappa shape index (κ2) is 6.68. The fourth-order valence-electron chi connectivity index (χ4n) is 4.92. The average Bonchev–Trinajstić information content (AvgIpc) is 3.26. The number of carbonyl (C=O) groups is 2. The van der Waals surface area contributed by atoms with E-state index in [1.165, 1.54) is 4.90 Å². The molecule has 29 heavy (non-hydrogen) atoms. The Kier molecular flexibility index (Phi) is 4.10. The number of fused-ring (bicyclic) bond motifs is 1. The lowest BCUT2D eigenvalue weighted by molar-refractivity contribution is -0.123. The number of rotatable bonds is 3. The maximum Gasteiger partial charge on any atom is 0.247 e. The summed E-state index contributed by atoms with van der Waals surface area (Å²) in [5.74, 6) is -0.725. The Bertz CT molecular complexity index is 1060. The summed E-state index contributed by atoms with van der Waals surface area (Å²) in [5.41, 5.74) is 2.76. The predicted octanol–water partition coefficient (Wildman–Crippen LogP) is 3.77. The fraction of sp³-hybridized carbons (Fsp3) is 0.200. The van der Waals surface area contributed by atoms with Gasteiger partial charge in [0.05, 0.1) is 17.6 Å². The molecule has 4 nitrogen and oxygen atoms in total. The lowest BCUT2D eigenvalue weighted by Gasteiger charge is -2.33. The number of nitrogens with one attached hydrogen (secondary N) is 1. The molecule has 2 heterocycles. The Labute approximate surface area is 170 Å². The standard InChI is InChI=1S/C25H22N2O2/c1-17-12-14-18(15-13-17)22-25(19-8-4-2-5-9-19)21(16-26-22)23(28)27(24(25)29)20-10-6-3-7-11-20/h2-15,21-22,26H,16H2,1H3/t21-,22+,25+/m0/s1. The van der Waals surface area contributed by atoms with Crippen molar-refractivity contribution in [2.75, 3.05) is 11.4 Å². The molecule has 2 aliphatic rings. The van der Waals surface area contributed by atoms with Gasteiger partial charge in [0.25, 0.3) is 0 Å². The van der Waals surface area contributed by atoms with Crippen LogP contribution in [0.5, 0.6) is 0 Å². The third-order valence-electron chi connectivity index (χ3n) is 6.28. The van der Waals surface area contributed by atoms with E-state index in [4.69, 9.17) is 0 Å². The topological polar surface area (TPSA) is 49.4 Å². The first-order valence-corrected chi connectivity index (χ1v) is 9.93. The van der Waals surface area contributed by atoms with Crippen molar-refractivity contribution >= 4 is 17.5 Å². The summed E-state index contributed by atoms with van der Waals surface area (Å²) in [7, 11) is 0. The molecule has 2 aliphatic heterocycles. The van der Waals surface area contributed by atoms with E-state index in [0.717, 1.165) is 16.7 Å². The third kappa shape index (κ3) is 2.49. The molecule has 0 aromatic heterocycles. The molecule has 1 N–H and O–H groups in total. The minimum Gasteiger partial charge on any atom is -0.308 e. The largest absolute Gasteiger partial charge is 0.308 e. The Morgan fingerprint density at radius 1 is 0.862 bits per heavy atom. The van der Waals surface area contributed by atoms with Gasteiger partial charge in [-0.2, -0.15) is 0 Å². The van der Waals surface area contributed by atoms with Crippen LogP contribution in [-0.2, 0) is 15.0 Å². The van der Waals surface area contributed by atoms with Gasteiger partial charge >= 0.3 is 0 Å². The number of imide groups is 1. The summed E-state index contributed by atoms with van der Waals surface area (Å²) < 4.78 is 0. The van der Waals surface area contributed by atoms with Gasteiger partial charge < -0.3 is 5.32 Å². The van der Waals surface area contributed by atoms with Crippen LogP contribution in [0.3, 0.4) is 0 Å². The van der Waals surface area contributed by atoms with Crippen molar-refractivity contribution in [2.24, 2.45) is 5.92 Å². The van der Waals surface area contributed by atoms with Gasteiger partial charge in [-0.3, -0.25) is 9.59 Å². The smallest absolute Gasteiger partial charge is 0.247 e. The monoisotopic (exact) mass is 382 g/mol. The zero-order chi connectivity index (χ0) is 20.0. The van der Waals surface area contributed by atoms with E-state index < -0.39 is 11.3 Å². The van der Waals surface area contributed by atoms with Crippen molar-refractivity contribution in [3.05, 3.63) is 102 Å². The van der Waals surface area contributed by atoms with Gasteiger partial charge in [-0.25, -0.2) is 4.90 Å². The van der Waals surface area contributed by atoms with E-state index in [9.17, 15) is 9.59 Å². The number of nitrogens with zero attached hydrogens (tertiary/aromatic N) is 1. The number of aryl methyl sites for hydroxylation is 1. The first-order chi connectivity index (χ1) is 14.1. The SMILES string of the molecule is Cc1ccc([C@H]2NC[C@H]3C(=O)N(c4ccccc4)C(=O)[C@@]23c2ccccc2)cc1. The number of amides is 2. The van der Waals surface area contributed by atoms with Gasteiger partial charge in [-0.05, 0) is 30.2 Å². The molecule has 0 spiro atoms. The Balaban J connectivity index is 1.72. The maximum atomic E-state index is 14.0. The molecule has 5 rings (SSSR count). The second-order valence-electron chi connectivity index (χ2n) is 7.85. The molecule has 3 aromatic rings. The lowest BCUT2D eigenvalue weighted by atomic mass is 9.67. The highest BCUT2D eigenvalue weighted by atomic mass is 16.2. The van der Waals surface area contributed by atoms with Crippen LogP contribution in [0.2, 0.25) is 0 Å². The van der Waals surface area contributed by atoms with Gasteiger partial charge in [0.15, 0.2) is 0 Å². The number of benzene rings is 3. The third-order valence-corrected chi connectivity index (χ3v) is 6.28. The van der Waals surface area contributed by atoms with Gasteiger partial charge in [0.2, 0.25) is 11.8 Å². The molecule has 4 heteroatoms. The van der Waals surface area contributed by atoms with Crippen LogP contribution in [-0.4, -0.2) is 18.4 Å². The predicted molar refractivity (Wildman–Crippen MR) is 112 cm³/mol. The normalized spacial score (nSPS) is 26.0. The number of hydrogen-bond acceptors (Lipinski definition) is 3. The summed E-state index contributed by atoms with van der Waals surface area (Å²) in [6.07, 6.45) is 0. The minimum atomic E-state index is -0.955. The molecule has 2 saturated heterocycles. The Morgan fingerprint density at radius 3 is 2.14 bits per heavy atom. The summed E-state index contributed by atoms with van der Waals surface area (Å²) in [4.78, 5) is 28.9. The average molecular weight is 382 g/mol. The molecule has 144 valence electrons. The van der Waals surface area contributed by atoms with Crippen LogP contribution in [0.15, 0.2) is 84.9 Å². The van der Waals surface area contributed by atoms with E-state index in [0.29, 0.717) is 12.2 Å². The van der Waals surface area contributed by atoms with Gasteiger partial charge in [-0.1, -0.05) is 78.4 Å². The van der Waals surface area contributed by atoms with E-state index in [1.54, 1.807) is 0 Å². The zero-order valence-corrected chi connectivity index (χ0v) is 16.2. The highest BCUT2D eigenvalue weighted by Crippen LogP contribution is 2.53. The summed E-state index contributed by atoms with van der Waals surface area (Å²) in [6, 6.07) is 27.0. The zero-order valence-electron chi connectivity index (χ0n) is 16.2. The summed E-state index contributed by atoms with van der Waals surface area (Å²) in [6.45, 7) is 2.52.